The quantitative estimate of drug-likeness (QED) is 0.461. The van der Waals surface area contributed by atoms with E-state index in [9.17, 15) is 9.59 Å². The van der Waals surface area contributed by atoms with E-state index in [0.29, 0.717) is 29.4 Å². The molecule has 7 heteroatoms. The molecule has 3 heterocycles. The zero-order valence-electron chi connectivity index (χ0n) is 19.9. The molecule has 1 aliphatic rings. The normalized spacial score (nSPS) is 16.1. The summed E-state index contributed by atoms with van der Waals surface area (Å²) in [4.78, 5) is 32.4. The number of nitrogens with one attached hydrogen (secondary N) is 1. The average molecular weight is 468 g/mol. The first kappa shape index (κ1) is 22.8. The highest BCUT2D eigenvalue weighted by Gasteiger charge is 2.24. The van der Waals surface area contributed by atoms with Crippen LogP contribution in [0.4, 0.5) is 5.69 Å². The SMILES string of the molecule is Cn1ccc(C(=O)Nc2ccccc2C(=O)N2CCCC(Cc3cccc4ccncc34)CC2)n1. The van der Waals surface area contributed by atoms with E-state index in [0.717, 1.165) is 32.2 Å². The maximum absolute atomic E-state index is 13.5. The molecule has 1 unspecified atom stereocenters. The number of aromatic nitrogens is 3. The fourth-order valence-electron chi connectivity index (χ4n) is 4.91. The van der Waals surface area contributed by atoms with E-state index in [4.69, 9.17) is 0 Å². The number of likely N-dealkylation sites (tertiary alicyclic amines) is 1. The van der Waals surface area contributed by atoms with Crippen molar-refractivity contribution in [1.29, 1.82) is 0 Å². The summed E-state index contributed by atoms with van der Waals surface area (Å²) in [6.07, 6.45) is 9.48. The average Bonchev–Trinajstić information content (AvgIpc) is 3.18. The van der Waals surface area contributed by atoms with Gasteiger partial charge in [-0.1, -0.05) is 30.3 Å². The lowest BCUT2D eigenvalue weighted by molar-refractivity contribution is 0.0761. The number of amides is 2. The molecule has 2 aromatic heterocycles. The molecular formula is C28H29N5O2. The first-order chi connectivity index (χ1) is 17.1. The molecule has 5 rings (SSSR count). The number of anilines is 1. The lowest BCUT2D eigenvalue weighted by Gasteiger charge is -2.22. The van der Waals surface area contributed by atoms with Crippen LogP contribution >= 0.6 is 0 Å². The summed E-state index contributed by atoms with van der Waals surface area (Å²) in [6.45, 7) is 1.42. The molecule has 1 atom stereocenters. The Morgan fingerprint density at radius 3 is 2.77 bits per heavy atom. The van der Waals surface area contributed by atoms with Gasteiger partial charge in [-0.15, -0.1) is 0 Å². The molecule has 1 saturated heterocycles. The number of hydrogen-bond acceptors (Lipinski definition) is 4. The van der Waals surface area contributed by atoms with Gasteiger partial charge in [-0.05, 0) is 66.8 Å². The van der Waals surface area contributed by atoms with Crippen LogP contribution in [0.3, 0.4) is 0 Å². The number of carbonyl (C=O) groups excluding carboxylic acids is 2. The largest absolute Gasteiger partial charge is 0.339 e. The van der Waals surface area contributed by atoms with Crippen molar-refractivity contribution in [2.24, 2.45) is 13.0 Å². The van der Waals surface area contributed by atoms with Crippen molar-refractivity contribution in [2.75, 3.05) is 18.4 Å². The number of carbonyl (C=O) groups is 2. The van der Waals surface area contributed by atoms with Crippen LogP contribution in [0.5, 0.6) is 0 Å². The predicted molar refractivity (Wildman–Crippen MR) is 136 cm³/mol. The standard InChI is InChI=1S/C28H29N5O2/c1-32-16-13-26(31-32)27(34)30-25-10-3-2-9-23(25)28(35)33-15-5-6-20(12-17-33)18-22-8-4-7-21-11-14-29-19-24(21)22/h2-4,7-11,13-14,16,19-20H,5-6,12,15,17-18H2,1H3,(H,30,34). The minimum atomic E-state index is -0.327. The molecule has 2 amide bonds. The summed E-state index contributed by atoms with van der Waals surface area (Å²) in [5, 5.41) is 9.44. The van der Waals surface area contributed by atoms with Gasteiger partial charge in [0, 0.05) is 44.1 Å². The van der Waals surface area contributed by atoms with Crippen molar-refractivity contribution >= 4 is 28.3 Å². The van der Waals surface area contributed by atoms with Crippen LogP contribution in [0.15, 0.2) is 73.2 Å². The summed E-state index contributed by atoms with van der Waals surface area (Å²) in [5.74, 6) is 0.140. The van der Waals surface area contributed by atoms with Crippen molar-refractivity contribution in [1.82, 2.24) is 19.7 Å². The predicted octanol–water partition coefficient (Wildman–Crippen LogP) is 4.71. The van der Waals surface area contributed by atoms with Gasteiger partial charge in [0.2, 0.25) is 0 Å². The lowest BCUT2D eigenvalue weighted by atomic mass is 9.91. The molecule has 1 fully saturated rings. The molecule has 4 aromatic rings. The number of aryl methyl sites for hydroxylation is 1. The van der Waals surface area contributed by atoms with Crippen molar-refractivity contribution < 1.29 is 9.59 Å². The van der Waals surface area contributed by atoms with E-state index >= 15 is 0 Å². The fourth-order valence-corrected chi connectivity index (χ4v) is 4.91. The van der Waals surface area contributed by atoms with Crippen LogP contribution in [-0.2, 0) is 13.5 Å². The molecule has 2 aromatic carbocycles. The molecule has 0 spiro atoms. The monoisotopic (exact) mass is 467 g/mol. The second kappa shape index (κ2) is 10.1. The highest BCUT2D eigenvalue weighted by atomic mass is 16.2. The second-order valence-electron chi connectivity index (χ2n) is 9.18. The minimum absolute atomic E-state index is 0.0445. The Balaban J connectivity index is 1.27. The molecule has 0 radical (unpaired) electrons. The summed E-state index contributed by atoms with van der Waals surface area (Å²) >= 11 is 0. The molecule has 1 N–H and O–H groups in total. The van der Waals surface area contributed by atoms with Crippen molar-refractivity contribution in [2.45, 2.75) is 25.7 Å². The molecule has 7 nitrogen and oxygen atoms in total. The van der Waals surface area contributed by atoms with Gasteiger partial charge in [0.1, 0.15) is 0 Å². The Labute approximate surface area is 204 Å². The second-order valence-corrected chi connectivity index (χ2v) is 9.18. The van der Waals surface area contributed by atoms with E-state index in [2.05, 4.69) is 39.7 Å². The number of benzene rings is 2. The van der Waals surface area contributed by atoms with Crippen molar-refractivity contribution in [3.8, 4) is 0 Å². The molecule has 0 saturated carbocycles. The number of pyridine rings is 1. The topological polar surface area (TPSA) is 80.1 Å². The summed E-state index contributed by atoms with van der Waals surface area (Å²) in [6, 6.07) is 17.3. The number of para-hydroxylation sites is 1. The maximum Gasteiger partial charge on any atom is 0.276 e. The minimum Gasteiger partial charge on any atom is -0.339 e. The zero-order valence-corrected chi connectivity index (χ0v) is 19.9. The fraction of sp³-hybridized carbons (Fsp3) is 0.286. The summed E-state index contributed by atoms with van der Waals surface area (Å²) < 4.78 is 1.58. The van der Waals surface area contributed by atoms with Crippen LogP contribution in [0.2, 0.25) is 0 Å². The van der Waals surface area contributed by atoms with Gasteiger partial charge in [0.15, 0.2) is 5.69 Å². The number of hydrogen-bond donors (Lipinski definition) is 1. The number of nitrogens with zero attached hydrogens (tertiary/aromatic N) is 4. The van der Waals surface area contributed by atoms with Gasteiger partial charge in [0.05, 0.1) is 11.3 Å². The van der Waals surface area contributed by atoms with Gasteiger partial charge >= 0.3 is 0 Å². The Hall–Kier alpha value is -4.00. The molecule has 0 bridgehead atoms. The summed E-state index contributed by atoms with van der Waals surface area (Å²) in [5.41, 5.74) is 2.66. The van der Waals surface area contributed by atoms with Crippen molar-refractivity contribution in [3.63, 3.8) is 0 Å². The third kappa shape index (κ3) is 5.09. The van der Waals surface area contributed by atoms with E-state index in [1.807, 2.05) is 29.4 Å². The number of fused-ring (bicyclic) bond motifs is 1. The van der Waals surface area contributed by atoms with Crippen LogP contribution in [-0.4, -0.2) is 44.6 Å². The van der Waals surface area contributed by atoms with E-state index < -0.39 is 0 Å². The highest BCUT2D eigenvalue weighted by Crippen LogP contribution is 2.27. The Kier molecular flexibility index (Phi) is 6.57. The zero-order chi connectivity index (χ0) is 24.2. The molecule has 0 aliphatic carbocycles. The van der Waals surface area contributed by atoms with E-state index in [1.54, 1.807) is 36.1 Å². The first-order valence-electron chi connectivity index (χ1n) is 12.1. The number of rotatable bonds is 5. The third-order valence-electron chi connectivity index (χ3n) is 6.77. The Morgan fingerprint density at radius 1 is 1.03 bits per heavy atom. The van der Waals surface area contributed by atoms with Gasteiger partial charge in [-0.3, -0.25) is 19.3 Å². The third-order valence-corrected chi connectivity index (χ3v) is 6.77. The molecule has 178 valence electrons. The lowest BCUT2D eigenvalue weighted by Crippen LogP contribution is -2.33. The van der Waals surface area contributed by atoms with Gasteiger partial charge in [-0.25, -0.2) is 0 Å². The summed E-state index contributed by atoms with van der Waals surface area (Å²) in [7, 11) is 1.76. The van der Waals surface area contributed by atoms with E-state index in [1.165, 1.54) is 16.3 Å². The molecule has 1 aliphatic heterocycles. The smallest absolute Gasteiger partial charge is 0.276 e. The van der Waals surface area contributed by atoms with Gasteiger partial charge < -0.3 is 10.2 Å². The molecular weight excluding hydrogens is 438 g/mol. The van der Waals surface area contributed by atoms with E-state index in [-0.39, 0.29) is 11.8 Å². The van der Waals surface area contributed by atoms with Crippen LogP contribution in [0.1, 0.15) is 45.7 Å². The highest BCUT2D eigenvalue weighted by molar-refractivity contribution is 6.08. The van der Waals surface area contributed by atoms with Crippen LogP contribution in [0, 0.1) is 5.92 Å². The maximum atomic E-state index is 13.5. The van der Waals surface area contributed by atoms with Crippen LogP contribution < -0.4 is 5.32 Å². The molecule has 35 heavy (non-hydrogen) atoms. The first-order valence-corrected chi connectivity index (χ1v) is 12.1. The van der Waals surface area contributed by atoms with Gasteiger partial charge in [0.25, 0.3) is 11.8 Å². The van der Waals surface area contributed by atoms with Gasteiger partial charge in [-0.2, -0.15) is 5.10 Å². The Morgan fingerprint density at radius 2 is 1.91 bits per heavy atom. The van der Waals surface area contributed by atoms with Crippen molar-refractivity contribution in [3.05, 3.63) is 90.0 Å². The van der Waals surface area contributed by atoms with Crippen LogP contribution in [0.25, 0.3) is 10.8 Å². The Bertz CT molecular complexity index is 1360.